The van der Waals surface area contributed by atoms with Gasteiger partial charge in [0.15, 0.2) is 0 Å². The fraction of sp³-hybridized carbons (Fsp3) is 0.600. The number of rotatable bonds is 5. The lowest BCUT2D eigenvalue weighted by Gasteiger charge is -2.31. The molecule has 0 bridgehead atoms. The summed E-state index contributed by atoms with van der Waals surface area (Å²) >= 11 is 0. The molecule has 0 aromatic heterocycles. The highest BCUT2D eigenvalue weighted by Crippen LogP contribution is 2.25. The highest BCUT2D eigenvalue weighted by atomic mass is 32.2. The molecule has 2 atom stereocenters. The molecule has 0 aliphatic carbocycles. The van der Waals surface area contributed by atoms with Gasteiger partial charge in [0.2, 0.25) is 10.0 Å². The molecule has 1 N–H and O–H groups in total. The summed E-state index contributed by atoms with van der Waals surface area (Å²) < 4.78 is 32.7. The van der Waals surface area contributed by atoms with E-state index in [9.17, 15) is 8.42 Å². The molecule has 0 radical (unpaired) electrons. The van der Waals surface area contributed by atoms with Gasteiger partial charge in [-0.1, -0.05) is 36.8 Å². The number of benzene rings is 1. The van der Waals surface area contributed by atoms with Gasteiger partial charge in [-0.15, -0.1) is 0 Å². The van der Waals surface area contributed by atoms with Gasteiger partial charge in [-0.3, -0.25) is 0 Å². The van der Waals surface area contributed by atoms with Crippen LogP contribution < -0.4 is 4.72 Å². The van der Waals surface area contributed by atoms with Crippen molar-refractivity contribution in [1.29, 1.82) is 0 Å². The smallest absolute Gasteiger partial charge is 0.214 e. The van der Waals surface area contributed by atoms with Crippen LogP contribution in [0.25, 0.3) is 0 Å². The third-order valence-electron chi connectivity index (χ3n) is 3.77. The highest BCUT2D eigenvalue weighted by molar-refractivity contribution is 7.90. The summed E-state index contributed by atoms with van der Waals surface area (Å²) in [6, 6.07) is 8.27. The second-order valence-electron chi connectivity index (χ2n) is 5.39. The van der Waals surface area contributed by atoms with Crippen LogP contribution in [-0.2, 0) is 21.2 Å². The van der Waals surface area contributed by atoms with E-state index in [1.54, 1.807) is 0 Å². The average Bonchev–Trinajstić information content (AvgIpc) is 2.42. The van der Waals surface area contributed by atoms with Crippen molar-refractivity contribution in [3.05, 3.63) is 35.4 Å². The number of ether oxygens (including phenoxy) is 1. The molecule has 2 unspecified atom stereocenters. The summed E-state index contributed by atoms with van der Waals surface area (Å²) in [5.74, 6) is 0.0236. The van der Waals surface area contributed by atoms with Crippen LogP contribution in [0.15, 0.2) is 24.3 Å². The van der Waals surface area contributed by atoms with Crippen LogP contribution in [0.2, 0.25) is 0 Å². The maximum atomic E-state index is 12.3. The zero-order valence-corrected chi connectivity index (χ0v) is 12.9. The van der Waals surface area contributed by atoms with Gasteiger partial charge in [0.25, 0.3) is 0 Å². The molecule has 4 nitrogen and oxygen atoms in total. The van der Waals surface area contributed by atoms with Crippen LogP contribution in [0.5, 0.6) is 0 Å². The standard InChI is InChI=1S/C15H23NO3S/c1-3-16-20(17,18)15-8-9-19-11-14(15)10-13-6-4-12(2)5-7-13/h4-7,14-16H,3,8-11H2,1-2H3. The summed E-state index contributed by atoms with van der Waals surface area (Å²) in [5, 5.41) is -0.350. The summed E-state index contributed by atoms with van der Waals surface area (Å²) in [6.45, 7) is 5.34. The molecule has 1 aliphatic rings. The zero-order chi connectivity index (χ0) is 14.6. The van der Waals surface area contributed by atoms with E-state index in [0.717, 1.165) is 6.42 Å². The Kier molecular flexibility index (Phi) is 5.18. The molecule has 1 aromatic rings. The van der Waals surface area contributed by atoms with Crippen molar-refractivity contribution in [2.75, 3.05) is 19.8 Å². The minimum atomic E-state index is -3.24. The number of hydrogen-bond donors (Lipinski definition) is 1. The van der Waals surface area contributed by atoms with E-state index in [4.69, 9.17) is 4.74 Å². The minimum Gasteiger partial charge on any atom is -0.381 e. The van der Waals surface area contributed by atoms with Gasteiger partial charge in [-0.25, -0.2) is 13.1 Å². The van der Waals surface area contributed by atoms with Gasteiger partial charge in [0.05, 0.1) is 11.9 Å². The Balaban J connectivity index is 2.13. The molecule has 112 valence electrons. The Labute approximate surface area is 121 Å². The summed E-state index contributed by atoms with van der Waals surface area (Å²) in [6.07, 6.45) is 1.32. The number of aryl methyl sites for hydroxylation is 1. The van der Waals surface area contributed by atoms with Crippen LogP contribution in [-0.4, -0.2) is 33.4 Å². The molecule has 1 heterocycles. The van der Waals surface area contributed by atoms with E-state index in [1.165, 1.54) is 11.1 Å². The zero-order valence-electron chi connectivity index (χ0n) is 12.1. The molecule has 0 saturated carbocycles. The first-order chi connectivity index (χ1) is 9.53. The Bertz CT molecular complexity index is 525. The number of sulfonamides is 1. The van der Waals surface area contributed by atoms with Gasteiger partial charge in [-0.2, -0.15) is 0 Å². The van der Waals surface area contributed by atoms with Crippen LogP contribution in [0, 0.1) is 12.8 Å². The third kappa shape index (κ3) is 3.81. The molecule has 1 aliphatic heterocycles. The fourth-order valence-electron chi connectivity index (χ4n) is 2.71. The maximum Gasteiger partial charge on any atom is 0.214 e. The first-order valence-electron chi connectivity index (χ1n) is 7.14. The van der Waals surface area contributed by atoms with Gasteiger partial charge in [0, 0.05) is 19.1 Å². The molecule has 1 saturated heterocycles. The summed E-state index contributed by atoms with van der Waals surface area (Å²) in [4.78, 5) is 0. The van der Waals surface area contributed by atoms with Crippen molar-refractivity contribution in [3.8, 4) is 0 Å². The van der Waals surface area contributed by atoms with E-state index in [2.05, 4.69) is 29.0 Å². The van der Waals surface area contributed by atoms with Gasteiger partial charge >= 0.3 is 0 Å². The normalized spacial score (nSPS) is 23.7. The third-order valence-corrected chi connectivity index (χ3v) is 5.88. The van der Waals surface area contributed by atoms with Crippen molar-refractivity contribution < 1.29 is 13.2 Å². The van der Waals surface area contributed by atoms with E-state index in [0.29, 0.717) is 26.2 Å². The predicted molar refractivity (Wildman–Crippen MR) is 80.2 cm³/mol. The maximum absolute atomic E-state index is 12.3. The Hall–Kier alpha value is -0.910. The van der Waals surface area contributed by atoms with E-state index >= 15 is 0 Å². The lowest BCUT2D eigenvalue weighted by atomic mass is 9.93. The minimum absolute atomic E-state index is 0.0236. The average molecular weight is 297 g/mol. The van der Waals surface area contributed by atoms with Gasteiger partial charge < -0.3 is 4.74 Å². The van der Waals surface area contributed by atoms with Gasteiger partial charge in [-0.05, 0) is 25.3 Å². The molecule has 1 aromatic carbocycles. The lowest BCUT2D eigenvalue weighted by molar-refractivity contribution is 0.0570. The van der Waals surface area contributed by atoms with Crippen molar-refractivity contribution in [2.45, 2.75) is 31.9 Å². The molecule has 20 heavy (non-hydrogen) atoms. The van der Waals surface area contributed by atoms with E-state index < -0.39 is 10.0 Å². The Morgan fingerprint density at radius 1 is 1.30 bits per heavy atom. The monoisotopic (exact) mass is 297 g/mol. The Morgan fingerprint density at radius 2 is 2.00 bits per heavy atom. The highest BCUT2D eigenvalue weighted by Gasteiger charge is 2.35. The fourth-order valence-corrected chi connectivity index (χ4v) is 4.42. The molecular weight excluding hydrogens is 274 g/mol. The van der Waals surface area contributed by atoms with Crippen molar-refractivity contribution in [1.82, 2.24) is 4.72 Å². The van der Waals surface area contributed by atoms with E-state index in [1.807, 2.05) is 13.8 Å². The molecule has 0 amide bonds. The van der Waals surface area contributed by atoms with Crippen molar-refractivity contribution in [2.24, 2.45) is 5.92 Å². The molecule has 2 rings (SSSR count). The molecule has 5 heteroatoms. The first-order valence-corrected chi connectivity index (χ1v) is 8.69. The second-order valence-corrected chi connectivity index (χ2v) is 7.38. The molecular formula is C15H23NO3S. The summed E-state index contributed by atoms with van der Waals surface area (Å²) in [7, 11) is -3.24. The van der Waals surface area contributed by atoms with Crippen LogP contribution in [0.4, 0.5) is 0 Å². The van der Waals surface area contributed by atoms with E-state index in [-0.39, 0.29) is 11.2 Å². The quantitative estimate of drug-likeness (QED) is 0.903. The van der Waals surface area contributed by atoms with Crippen LogP contribution in [0.3, 0.4) is 0 Å². The molecule has 0 spiro atoms. The number of nitrogens with one attached hydrogen (secondary N) is 1. The topological polar surface area (TPSA) is 55.4 Å². The summed E-state index contributed by atoms with van der Waals surface area (Å²) in [5.41, 5.74) is 2.38. The van der Waals surface area contributed by atoms with Crippen molar-refractivity contribution in [3.63, 3.8) is 0 Å². The van der Waals surface area contributed by atoms with Crippen LogP contribution in [0.1, 0.15) is 24.5 Å². The van der Waals surface area contributed by atoms with Crippen LogP contribution >= 0.6 is 0 Å². The lowest BCUT2D eigenvalue weighted by Crippen LogP contribution is -2.44. The number of hydrogen-bond acceptors (Lipinski definition) is 3. The first kappa shape index (κ1) is 15.5. The Morgan fingerprint density at radius 3 is 2.65 bits per heavy atom. The second kappa shape index (κ2) is 6.70. The molecule has 1 fully saturated rings. The van der Waals surface area contributed by atoms with Crippen molar-refractivity contribution >= 4 is 10.0 Å². The largest absolute Gasteiger partial charge is 0.381 e. The SMILES string of the molecule is CCNS(=O)(=O)C1CCOCC1Cc1ccc(C)cc1. The predicted octanol–water partition coefficient (Wildman–Crippen LogP) is 1.88. The van der Waals surface area contributed by atoms with Gasteiger partial charge in [0.1, 0.15) is 0 Å².